The minimum Gasteiger partial charge on any atom is -0.382 e. The molecule has 6 heteroatoms. The Balaban J connectivity index is 2.36. The maximum absolute atomic E-state index is 13.2. The molecule has 1 aromatic rings. The van der Waals surface area contributed by atoms with Crippen molar-refractivity contribution in [3.63, 3.8) is 0 Å². The number of halogens is 2. The van der Waals surface area contributed by atoms with Crippen molar-refractivity contribution in [2.24, 2.45) is 4.99 Å². The molecule has 0 radical (unpaired) electrons. The molecule has 4 nitrogen and oxygen atoms in total. The van der Waals surface area contributed by atoms with E-state index in [4.69, 9.17) is 4.74 Å². The van der Waals surface area contributed by atoms with Crippen LogP contribution in [0.1, 0.15) is 25.8 Å². The average molecular weight is 374 g/mol. The standard InChI is InChI=1S/C16H25BrFN3O/c1-3-19-16(20-9-5-11-22-4-2)21-10-8-13-6-7-15(18)14(17)12-13/h6-7,12H,3-5,8-11H2,1-2H3,(H2,19,20,21). The molecule has 0 atom stereocenters. The first-order chi connectivity index (χ1) is 10.7. The highest BCUT2D eigenvalue weighted by molar-refractivity contribution is 9.10. The van der Waals surface area contributed by atoms with Crippen LogP contribution in [0.4, 0.5) is 4.39 Å². The van der Waals surface area contributed by atoms with E-state index in [0.29, 0.717) is 4.47 Å². The summed E-state index contributed by atoms with van der Waals surface area (Å²) in [6.45, 7) is 7.81. The molecule has 0 aromatic heterocycles. The maximum Gasteiger partial charge on any atom is 0.191 e. The van der Waals surface area contributed by atoms with E-state index in [1.807, 2.05) is 19.9 Å². The number of hydrogen-bond donors (Lipinski definition) is 2. The largest absolute Gasteiger partial charge is 0.382 e. The number of ether oxygens (including phenoxy) is 1. The molecule has 0 spiro atoms. The molecule has 0 heterocycles. The summed E-state index contributed by atoms with van der Waals surface area (Å²) in [5.41, 5.74) is 1.08. The molecule has 0 fully saturated rings. The first-order valence-electron chi connectivity index (χ1n) is 7.71. The van der Waals surface area contributed by atoms with Crippen molar-refractivity contribution in [2.75, 3.05) is 32.8 Å². The Morgan fingerprint density at radius 2 is 2.14 bits per heavy atom. The smallest absolute Gasteiger partial charge is 0.191 e. The number of nitrogens with one attached hydrogen (secondary N) is 2. The summed E-state index contributed by atoms with van der Waals surface area (Å²) in [7, 11) is 0. The summed E-state index contributed by atoms with van der Waals surface area (Å²) < 4.78 is 19.0. The predicted molar refractivity (Wildman–Crippen MR) is 92.9 cm³/mol. The van der Waals surface area contributed by atoms with Crippen molar-refractivity contribution in [2.45, 2.75) is 26.7 Å². The quantitative estimate of drug-likeness (QED) is 0.397. The molecule has 0 bridgehead atoms. The number of nitrogens with zero attached hydrogens (tertiary/aromatic N) is 1. The first-order valence-corrected chi connectivity index (χ1v) is 8.50. The summed E-state index contributed by atoms with van der Waals surface area (Å²) in [6, 6.07) is 5.09. The molecule has 0 aliphatic carbocycles. The van der Waals surface area contributed by atoms with Gasteiger partial charge in [0.2, 0.25) is 0 Å². The lowest BCUT2D eigenvalue weighted by Crippen LogP contribution is -2.38. The molecule has 2 N–H and O–H groups in total. The molecule has 22 heavy (non-hydrogen) atoms. The van der Waals surface area contributed by atoms with E-state index in [1.165, 1.54) is 6.07 Å². The second-order valence-electron chi connectivity index (χ2n) is 4.74. The lowest BCUT2D eigenvalue weighted by molar-refractivity contribution is 0.146. The van der Waals surface area contributed by atoms with Gasteiger partial charge in [-0.25, -0.2) is 4.39 Å². The van der Waals surface area contributed by atoms with Crippen LogP contribution in [0.15, 0.2) is 27.7 Å². The van der Waals surface area contributed by atoms with Gasteiger partial charge in [0.15, 0.2) is 5.96 Å². The van der Waals surface area contributed by atoms with Crippen molar-refractivity contribution >= 4 is 21.9 Å². The Labute approximate surface area is 140 Å². The van der Waals surface area contributed by atoms with Gasteiger partial charge < -0.3 is 15.4 Å². The number of guanidine groups is 1. The van der Waals surface area contributed by atoms with Crippen molar-refractivity contribution in [1.82, 2.24) is 10.6 Å². The number of rotatable bonds is 9. The van der Waals surface area contributed by atoms with Crippen LogP contribution in [0.2, 0.25) is 0 Å². The fourth-order valence-electron chi connectivity index (χ4n) is 1.86. The van der Waals surface area contributed by atoms with Gasteiger partial charge in [-0.15, -0.1) is 0 Å². The van der Waals surface area contributed by atoms with Crippen LogP contribution in [-0.4, -0.2) is 38.8 Å². The van der Waals surface area contributed by atoms with Gasteiger partial charge in [0.05, 0.1) is 4.47 Å². The molecule has 0 amide bonds. The highest BCUT2D eigenvalue weighted by Gasteiger charge is 2.01. The van der Waals surface area contributed by atoms with E-state index in [0.717, 1.165) is 57.2 Å². The maximum atomic E-state index is 13.2. The summed E-state index contributed by atoms with van der Waals surface area (Å²) in [6.07, 6.45) is 1.72. The minimum absolute atomic E-state index is 0.235. The zero-order valence-electron chi connectivity index (χ0n) is 13.3. The van der Waals surface area contributed by atoms with E-state index in [2.05, 4.69) is 31.6 Å². The molecule has 124 valence electrons. The molecule has 0 saturated carbocycles. The van der Waals surface area contributed by atoms with Crippen molar-refractivity contribution in [3.05, 3.63) is 34.1 Å². The summed E-state index contributed by atoms with van der Waals surface area (Å²) in [5, 5.41) is 6.49. The zero-order chi connectivity index (χ0) is 16.2. The number of aliphatic imine (C=N–C) groups is 1. The highest BCUT2D eigenvalue weighted by atomic mass is 79.9. The summed E-state index contributed by atoms with van der Waals surface area (Å²) >= 11 is 3.20. The third-order valence-corrected chi connectivity index (χ3v) is 3.56. The molecule has 1 aromatic carbocycles. The van der Waals surface area contributed by atoms with Gasteiger partial charge in [-0.2, -0.15) is 0 Å². The molecule has 0 saturated heterocycles. The van der Waals surface area contributed by atoms with Crippen LogP contribution in [0.3, 0.4) is 0 Å². The fraction of sp³-hybridized carbons (Fsp3) is 0.562. The van der Waals surface area contributed by atoms with E-state index in [1.54, 1.807) is 6.07 Å². The Bertz CT molecular complexity index is 469. The van der Waals surface area contributed by atoms with Crippen molar-refractivity contribution in [3.8, 4) is 0 Å². The van der Waals surface area contributed by atoms with Crippen LogP contribution in [0.25, 0.3) is 0 Å². The normalized spacial score (nSPS) is 11.5. The minimum atomic E-state index is -0.235. The topological polar surface area (TPSA) is 45.7 Å². The first kappa shape index (κ1) is 18.9. The fourth-order valence-corrected chi connectivity index (χ4v) is 2.29. The van der Waals surface area contributed by atoms with E-state index in [9.17, 15) is 4.39 Å². The van der Waals surface area contributed by atoms with Crippen LogP contribution >= 0.6 is 15.9 Å². The van der Waals surface area contributed by atoms with Crippen molar-refractivity contribution < 1.29 is 9.13 Å². The summed E-state index contributed by atoms with van der Waals surface area (Å²) in [4.78, 5) is 4.49. The van der Waals surface area contributed by atoms with Gasteiger partial charge >= 0.3 is 0 Å². The van der Waals surface area contributed by atoms with E-state index < -0.39 is 0 Å². The van der Waals surface area contributed by atoms with Gasteiger partial charge in [-0.3, -0.25) is 4.99 Å². The van der Waals surface area contributed by atoms with Gasteiger partial charge in [-0.05, 0) is 60.3 Å². The second kappa shape index (κ2) is 11.4. The SMILES string of the molecule is CCNC(=NCCCOCC)NCCc1ccc(F)c(Br)c1. The van der Waals surface area contributed by atoms with Crippen molar-refractivity contribution in [1.29, 1.82) is 0 Å². The van der Waals surface area contributed by atoms with E-state index in [-0.39, 0.29) is 5.82 Å². The van der Waals surface area contributed by atoms with Crippen LogP contribution < -0.4 is 10.6 Å². The van der Waals surface area contributed by atoms with Gasteiger partial charge in [-0.1, -0.05) is 6.07 Å². The monoisotopic (exact) mass is 373 g/mol. The number of hydrogen-bond acceptors (Lipinski definition) is 2. The molecule has 0 aliphatic rings. The average Bonchev–Trinajstić information content (AvgIpc) is 2.50. The van der Waals surface area contributed by atoms with Crippen LogP contribution in [0.5, 0.6) is 0 Å². The summed E-state index contributed by atoms with van der Waals surface area (Å²) in [5.74, 6) is 0.570. The van der Waals surface area contributed by atoms with Gasteiger partial charge in [0.1, 0.15) is 5.82 Å². The van der Waals surface area contributed by atoms with Gasteiger partial charge in [0.25, 0.3) is 0 Å². The Morgan fingerprint density at radius 3 is 2.82 bits per heavy atom. The molecular weight excluding hydrogens is 349 g/mol. The molecule has 0 unspecified atom stereocenters. The van der Waals surface area contributed by atoms with E-state index >= 15 is 0 Å². The Kier molecular flexibility index (Phi) is 9.82. The third-order valence-electron chi connectivity index (χ3n) is 2.96. The highest BCUT2D eigenvalue weighted by Crippen LogP contribution is 2.16. The molecule has 1 rings (SSSR count). The molecule has 0 aliphatic heterocycles. The lowest BCUT2D eigenvalue weighted by Gasteiger charge is -2.11. The predicted octanol–water partition coefficient (Wildman–Crippen LogP) is 3.11. The Morgan fingerprint density at radius 1 is 1.32 bits per heavy atom. The number of benzene rings is 1. The van der Waals surface area contributed by atoms with Crippen LogP contribution in [-0.2, 0) is 11.2 Å². The zero-order valence-corrected chi connectivity index (χ0v) is 14.9. The second-order valence-corrected chi connectivity index (χ2v) is 5.59. The van der Waals surface area contributed by atoms with Crippen LogP contribution in [0, 0.1) is 5.82 Å². The third kappa shape index (κ3) is 7.75. The van der Waals surface area contributed by atoms with Gasteiger partial charge in [0, 0.05) is 32.8 Å². The lowest BCUT2D eigenvalue weighted by atomic mass is 10.1. The Hall–Kier alpha value is -1.14. The molecular formula is C16H25BrFN3O.